The Bertz CT molecular complexity index is 528. The molecule has 0 radical (unpaired) electrons. The highest BCUT2D eigenvalue weighted by atomic mass is 32.2. The first-order valence-electron chi connectivity index (χ1n) is 5.29. The molecular formula is C9H11N7S. The molecule has 2 aromatic rings. The van der Waals surface area contributed by atoms with Crippen LogP contribution in [0.1, 0.15) is 24.6 Å². The Kier molecular flexibility index (Phi) is 2.43. The number of aryl methyl sites for hydroxylation is 1. The van der Waals surface area contributed by atoms with Crippen LogP contribution in [0.15, 0.2) is 16.2 Å². The number of nitrogen functional groups attached to an aromatic ring is 1. The highest BCUT2D eigenvalue weighted by molar-refractivity contribution is 7.99. The fraction of sp³-hybridized carbons (Fsp3) is 0.444. The SMILES string of the molecule is Cc1cc(Sc2nnnn2C2CC2)nc(N)n1. The van der Waals surface area contributed by atoms with Crippen LogP contribution >= 0.6 is 11.8 Å². The maximum absolute atomic E-state index is 5.60. The van der Waals surface area contributed by atoms with Crippen LogP contribution in [0.4, 0.5) is 5.95 Å². The van der Waals surface area contributed by atoms with Crippen molar-refractivity contribution in [2.24, 2.45) is 0 Å². The summed E-state index contributed by atoms with van der Waals surface area (Å²) >= 11 is 1.41. The van der Waals surface area contributed by atoms with Crippen LogP contribution in [0.2, 0.25) is 0 Å². The van der Waals surface area contributed by atoms with Gasteiger partial charge in [-0.3, -0.25) is 0 Å². The summed E-state index contributed by atoms with van der Waals surface area (Å²) in [6.45, 7) is 1.88. The zero-order valence-electron chi connectivity index (χ0n) is 9.24. The first-order chi connectivity index (χ1) is 8.22. The van der Waals surface area contributed by atoms with E-state index in [0.717, 1.165) is 28.7 Å². The van der Waals surface area contributed by atoms with E-state index in [1.54, 1.807) is 0 Å². The van der Waals surface area contributed by atoms with Crippen LogP contribution < -0.4 is 5.73 Å². The first kappa shape index (κ1) is 10.5. The Morgan fingerprint density at radius 3 is 2.94 bits per heavy atom. The van der Waals surface area contributed by atoms with Gasteiger partial charge in [0.05, 0.1) is 6.04 Å². The van der Waals surface area contributed by atoms with E-state index in [0.29, 0.717) is 6.04 Å². The summed E-state index contributed by atoms with van der Waals surface area (Å²) in [6.07, 6.45) is 2.28. The molecule has 0 unspecified atom stereocenters. The van der Waals surface area contributed by atoms with Crippen LogP contribution in [0.5, 0.6) is 0 Å². The highest BCUT2D eigenvalue weighted by Gasteiger charge is 2.28. The molecular weight excluding hydrogens is 238 g/mol. The van der Waals surface area contributed by atoms with Gasteiger partial charge in [-0.15, -0.1) is 5.10 Å². The summed E-state index contributed by atoms with van der Waals surface area (Å²) < 4.78 is 1.85. The molecule has 7 nitrogen and oxygen atoms in total. The molecule has 1 fully saturated rings. The fourth-order valence-corrected chi connectivity index (χ4v) is 2.42. The van der Waals surface area contributed by atoms with Crippen molar-refractivity contribution in [1.29, 1.82) is 0 Å². The number of anilines is 1. The number of rotatable bonds is 3. The van der Waals surface area contributed by atoms with Gasteiger partial charge in [0, 0.05) is 5.69 Å². The third kappa shape index (κ3) is 2.21. The van der Waals surface area contributed by atoms with Gasteiger partial charge in [-0.25, -0.2) is 14.6 Å². The summed E-state index contributed by atoms with van der Waals surface area (Å²) in [4.78, 5) is 8.18. The topological polar surface area (TPSA) is 95.4 Å². The smallest absolute Gasteiger partial charge is 0.221 e. The summed E-state index contributed by atoms with van der Waals surface area (Å²) in [6, 6.07) is 2.32. The number of nitrogens with zero attached hydrogens (tertiary/aromatic N) is 6. The van der Waals surface area contributed by atoms with Crippen LogP contribution in [-0.2, 0) is 0 Å². The van der Waals surface area contributed by atoms with E-state index in [9.17, 15) is 0 Å². The molecule has 0 aromatic carbocycles. The molecule has 3 rings (SSSR count). The average molecular weight is 249 g/mol. The van der Waals surface area contributed by atoms with E-state index < -0.39 is 0 Å². The van der Waals surface area contributed by atoms with Gasteiger partial charge in [-0.1, -0.05) is 0 Å². The van der Waals surface area contributed by atoms with Gasteiger partial charge in [-0.05, 0) is 48.0 Å². The van der Waals surface area contributed by atoms with Gasteiger partial charge in [0.1, 0.15) is 5.03 Å². The van der Waals surface area contributed by atoms with Crippen molar-refractivity contribution in [3.63, 3.8) is 0 Å². The van der Waals surface area contributed by atoms with E-state index in [2.05, 4.69) is 25.5 Å². The zero-order chi connectivity index (χ0) is 11.8. The second-order valence-electron chi connectivity index (χ2n) is 3.95. The van der Waals surface area contributed by atoms with Crippen molar-refractivity contribution < 1.29 is 0 Å². The summed E-state index contributed by atoms with van der Waals surface area (Å²) in [5.74, 6) is 0.276. The zero-order valence-corrected chi connectivity index (χ0v) is 10.1. The highest BCUT2D eigenvalue weighted by Crippen LogP contribution is 2.37. The van der Waals surface area contributed by atoms with Crippen LogP contribution in [0.3, 0.4) is 0 Å². The van der Waals surface area contributed by atoms with Gasteiger partial charge in [-0.2, -0.15) is 0 Å². The predicted octanol–water partition coefficient (Wildman–Crippen LogP) is 0.840. The lowest BCUT2D eigenvalue weighted by molar-refractivity contribution is 0.565. The third-order valence-electron chi connectivity index (χ3n) is 2.40. The summed E-state index contributed by atoms with van der Waals surface area (Å²) in [5.41, 5.74) is 6.44. The Morgan fingerprint density at radius 2 is 2.24 bits per heavy atom. The van der Waals surface area contributed by atoms with Gasteiger partial charge in [0.25, 0.3) is 0 Å². The van der Waals surface area contributed by atoms with Gasteiger partial charge in [0.2, 0.25) is 11.1 Å². The number of tetrazole rings is 1. The molecule has 0 aliphatic heterocycles. The largest absolute Gasteiger partial charge is 0.368 e. The second kappa shape index (κ2) is 3.95. The van der Waals surface area contributed by atoms with Crippen LogP contribution in [0.25, 0.3) is 0 Å². The van der Waals surface area contributed by atoms with E-state index in [4.69, 9.17) is 5.73 Å². The normalized spacial score (nSPS) is 15.1. The minimum atomic E-state index is 0.276. The summed E-state index contributed by atoms with van der Waals surface area (Å²) in [7, 11) is 0. The molecule has 88 valence electrons. The number of nitrogens with two attached hydrogens (primary N) is 1. The third-order valence-corrected chi connectivity index (χ3v) is 3.27. The molecule has 0 atom stereocenters. The van der Waals surface area contributed by atoms with Crippen molar-refractivity contribution in [2.45, 2.75) is 36.0 Å². The summed E-state index contributed by atoms with van der Waals surface area (Å²) in [5, 5.41) is 13.2. The van der Waals surface area contributed by atoms with E-state index in [1.807, 2.05) is 17.7 Å². The van der Waals surface area contributed by atoms with Gasteiger partial charge in [0.15, 0.2) is 0 Å². The van der Waals surface area contributed by atoms with E-state index in [-0.39, 0.29) is 5.95 Å². The van der Waals surface area contributed by atoms with Crippen molar-refractivity contribution >= 4 is 17.7 Å². The average Bonchev–Trinajstić information content (AvgIpc) is 2.99. The molecule has 2 aromatic heterocycles. The Labute approximate surface area is 102 Å². The monoisotopic (exact) mass is 249 g/mol. The van der Waals surface area contributed by atoms with E-state index in [1.165, 1.54) is 11.8 Å². The minimum Gasteiger partial charge on any atom is -0.368 e. The van der Waals surface area contributed by atoms with Crippen LogP contribution in [-0.4, -0.2) is 30.2 Å². The van der Waals surface area contributed by atoms with Crippen LogP contribution in [0, 0.1) is 6.92 Å². The Morgan fingerprint density at radius 1 is 1.41 bits per heavy atom. The molecule has 2 N–H and O–H groups in total. The molecule has 2 heterocycles. The molecule has 8 heteroatoms. The maximum Gasteiger partial charge on any atom is 0.221 e. The lowest BCUT2D eigenvalue weighted by Gasteiger charge is -2.03. The Hall–Kier alpha value is -1.70. The van der Waals surface area contributed by atoms with Crippen molar-refractivity contribution in [2.75, 3.05) is 5.73 Å². The molecule has 0 bridgehead atoms. The van der Waals surface area contributed by atoms with E-state index >= 15 is 0 Å². The number of hydrogen-bond acceptors (Lipinski definition) is 7. The number of hydrogen-bond donors (Lipinski definition) is 1. The molecule has 0 spiro atoms. The molecule has 0 amide bonds. The van der Waals surface area contributed by atoms with Crippen molar-refractivity contribution in [1.82, 2.24) is 30.2 Å². The van der Waals surface area contributed by atoms with Gasteiger partial charge < -0.3 is 5.73 Å². The molecule has 1 aliphatic rings. The molecule has 1 aliphatic carbocycles. The fourth-order valence-electron chi connectivity index (χ4n) is 1.51. The lowest BCUT2D eigenvalue weighted by atomic mass is 10.5. The molecule has 1 saturated carbocycles. The molecule has 17 heavy (non-hydrogen) atoms. The second-order valence-corrected chi connectivity index (χ2v) is 4.93. The Balaban J connectivity index is 1.88. The van der Waals surface area contributed by atoms with Crippen molar-refractivity contribution in [3.05, 3.63) is 11.8 Å². The molecule has 0 saturated heterocycles. The maximum atomic E-state index is 5.60. The van der Waals surface area contributed by atoms with Gasteiger partial charge >= 0.3 is 0 Å². The minimum absolute atomic E-state index is 0.276. The predicted molar refractivity (Wildman–Crippen MR) is 61.4 cm³/mol. The first-order valence-corrected chi connectivity index (χ1v) is 6.11. The lowest BCUT2D eigenvalue weighted by Crippen LogP contribution is -2.00. The quantitative estimate of drug-likeness (QED) is 0.805. The van der Waals surface area contributed by atoms with Crippen molar-refractivity contribution in [3.8, 4) is 0 Å². The standard InChI is InChI=1S/C9H11N7S/c1-5-4-7(12-8(10)11-5)17-9-13-14-15-16(9)6-2-3-6/h4,6H,2-3H2,1H3,(H2,10,11,12). The number of aromatic nitrogens is 6.